The highest BCUT2D eigenvalue weighted by Crippen LogP contribution is 2.33. The van der Waals surface area contributed by atoms with Crippen molar-refractivity contribution in [3.8, 4) is 0 Å². The lowest BCUT2D eigenvalue weighted by molar-refractivity contribution is 0.593. The van der Waals surface area contributed by atoms with Gasteiger partial charge in [0.25, 0.3) is 0 Å². The molecule has 0 fully saturated rings. The van der Waals surface area contributed by atoms with Gasteiger partial charge in [-0.15, -0.1) is 0 Å². The molecule has 0 saturated heterocycles. The fraction of sp³-hybridized carbons (Fsp3) is 0.200. The average molecular weight is 316 g/mol. The first-order valence-electron chi connectivity index (χ1n) is 6.16. The number of hydrogen-bond donors (Lipinski definition) is 1. The predicted molar refractivity (Wildman–Crippen MR) is 78.3 cm³/mol. The molecular weight excluding hydrogens is 303 g/mol. The minimum Gasteiger partial charge on any atom is -0.306 e. The van der Waals surface area contributed by atoms with Gasteiger partial charge in [0.05, 0.1) is 11.1 Å². The van der Waals surface area contributed by atoms with Crippen molar-refractivity contribution in [3.05, 3.63) is 69.2 Å². The SMILES string of the molecule is CCNC(c1cc(F)ccc1Cl)c1cccc(F)c1Cl. The molecule has 0 spiro atoms. The van der Waals surface area contributed by atoms with E-state index < -0.39 is 17.7 Å². The smallest absolute Gasteiger partial charge is 0.142 e. The van der Waals surface area contributed by atoms with Crippen molar-refractivity contribution >= 4 is 23.2 Å². The molecule has 1 N–H and O–H groups in total. The quantitative estimate of drug-likeness (QED) is 0.840. The maximum Gasteiger partial charge on any atom is 0.142 e. The van der Waals surface area contributed by atoms with Gasteiger partial charge in [-0.2, -0.15) is 0 Å². The van der Waals surface area contributed by atoms with Gasteiger partial charge in [0.1, 0.15) is 11.6 Å². The zero-order chi connectivity index (χ0) is 14.7. The van der Waals surface area contributed by atoms with E-state index in [0.29, 0.717) is 22.7 Å². The molecule has 20 heavy (non-hydrogen) atoms. The Labute approximate surface area is 126 Å². The summed E-state index contributed by atoms with van der Waals surface area (Å²) in [5.74, 6) is -0.917. The van der Waals surface area contributed by atoms with Crippen LogP contribution in [0.2, 0.25) is 10.0 Å². The first-order chi connectivity index (χ1) is 9.54. The normalized spacial score (nSPS) is 12.4. The molecular formula is C15H13Cl2F2N. The Kier molecular flexibility index (Phi) is 4.97. The van der Waals surface area contributed by atoms with Crippen molar-refractivity contribution < 1.29 is 8.78 Å². The molecule has 0 aromatic heterocycles. The van der Waals surface area contributed by atoms with Gasteiger partial charge in [0.15, 0.2) is 0 Å². The lowest BCUT2D eigenvalue weighted by Gasteiger charge is -2.21. The average Bonchev–Trinajstić information content (AvgIpc) is 2.43. The topological polar surface area (TPSA) is 12.0 Å². The first kappa shape index (κ1) is 15.2. The lowest BCUT2D eigenvalue weighted by atomic mass is 9.98. The minimum atomic E-state index is -0.514. The van der Waals surface area contributed by atoms with Gasteiger partial charge in [-0.1, -0.05) is 42.3 Å². The van der Waals surface area contributed by atoms with E-state index in [0.717, 1.165) is 0 Å². The zero-order valence-corrected chi connectivity index (χ0v) is 12.3. The molecule has 0 aliphatic rings. The Morgan fingerprint density at radius 1 is 1.10 bits per heavy atom. The predicted octanol–water partition coefficient (Wildman–Crippen LogP) is 4.97. The summed E-state index contributed by atoms with van der Waals surface area (Å²) < 4.78 is 27.1. The second kappa shape index (κ2) is 6.53. The third kappa shape index (κ3) is 3.11. The molecule has 1 atom stereocenters. The summed E-state index contributed by atoms with van der Waals surface area (Å²) in [6.45, 7) is 2.50. The molecule has 1 unspecified atom stereocenters. The summed E-state index contributed by atoms with van der Waals surface area (Å²) in [5, 5.41) is 3.56. The molecule has 2 aromatic rings. The summed E-state index contributed by atoms with van der Waals surface area (Å²) in [6, 6.07) is 8.16. The van der Waals surface area contributed by atoms with Crippen LogP contribution in [-0.2, 0) is 0 Å². The van der Waals surface area contributed by atoms with Crippen molar-refractivity contribution in [2.24, 2.45) is 0 Å². The summed E-state index contributed by atoms with van der Waals surface area (Å²) in [6.07, 6.45) is 0. The van der Waals surface area contributed by atoms with Gasteiger partial charge in [0, 0.05) is 5.02 Å². The van der Waals surface area contributed by atoms with Gasteiger partial charge in [-0.25, -0.2) is 8.78 Å². The third-order valence-corrected chi connectivity index (χ3v) is 3.71. The van der Waals surface area contributed by atoms with Crippen LogP contribution in [0.3, 0.4) is 0 Å². The summed E-state index contributed by atoms with van der Waals surface area (Å²) in [5.41, 5.74) is 1.06. The molecule has 0 amide bonds. The van der Waals surface area contributed by atoms with Crippen LogP contribution in [0.1, 0.15) is 24.1 Å². The Bertz CT molecular complexity index is 615. The summed E-state index contributed by atoms with van der Waals surface area (Å²) in [4.78, 5) is 0. The van der Waals surface area contributed by atoms with Crippen LogP contribution >= 0.6 is 23.2 Å². The standard InChI is InChI=1S/C15H13Cl2F2N/c1-2-20-15(10-4-3-5-13(19)14(10)17)11-8-9(18)6-7-12(11)16/h3-8,15,20H,2H2,1H3. The Balaban J connectivity index is 2.56. The first-order valence-corrected chi connectivity index (χ1v) is 6.92. The monoisotopic (exact) mass is 315 g/mol. The third-order valence-electron chi connectivity index (χ3n) is 2.97. The second-order valence-electron chi connectivity index (χ2n) is 4.30. The molecule has 0 aliphatic heterocycles. The Morgan fingerprint density at radius 2 is 1.85 bits per heavy atom. The molecule has 0 saturated carbocycles. The van der Waals surface area contributed by atoms with Gasteiger partial charge in [0.2, 0.25) is 0 Å². The fourth-order valence-corrected chi connectivity index (χ4v) is 2.53. The number of halogens is 4. The van der Waals surface area contributed by atoms with Crippen LogP contribution in [0.4, 0.5) is 8.78 Å². The molecule has 2 rings (SSSR count). The number of benzene rings is 2. The minimum absolute atomic E-state index is 0.0128. The van der Waals surface area contributed by atoms with Crippen molar-refractivity contribution in [3.63, 3.8) is 0 Å². The fourth-order valence-electron chi connectivity index (χ4n) is 2.07. The maximum absolute atomic E-state index is 13.6. The molecule has 0 radical (unpaired) electrons. The molecule has 2 aromatic carbocycles. The van der Waals surface area contributed by atoms with E-state index in [1.807, 2.05) is 6.92 Å². The number of nitrogens with one attached hydrogen (secondary N) is 1. The van der Waals surface area contributed by atoms with Gasteiger partial charge >= 0.3 is 0 Å². The Morgan fingerprint density at radius 3 is 2.55 bits per heavy atom. The van der Waals surface area contributed by atoms with E-state index in [4.69, 9.17) is 23.2 Å². The summed E-state index contributed by atoms with van der Waals surface area (Å²) >= 11 is 12.1. The van der Waals surface area contributed by atoms with E-state index in [2.05, 4.69) is 5.32 Å². The highest BCUT2D eigenvalue weighted by Gasteiger charge is 2.20. The van der Waals surface area contributed by atoms with E-state index in [1.165, 1.54) is 24.3 Å². The van der Waals surface area contributed by atoms with Crippen LogP contribution in [0.15, 0.2) is 36.4 Å². The largest absolute Gasteiger partial charge is 0.306 e. The summed E-state index contributed by atoms with van der Waals surface area (Å²) in [7, 11) is 0. The van der Waals surface area contributed by atoms with Crippen molar-refractivity contribution in [1.82, 2.24) is 5.32 Å². The molecule has 5 heteroatoms. The van der Waals surface area contributed by atoms with Gasteiger partial charge in [-0.05, 0) is 41.9 Å². The van der Waals surface area contributed by atoms with Crippen molar-refractivity contribution in [2.75, 3.05) is 6.54 Å². The van der Waals surface area contributed by atoms with Crippen LogP contribution in [-0.4, -0.2) is 6.54 Å². The molecule has 0 heterocycles. The van der Waals surface area contributed by atoms with Gasteiger partial charge in [-0.3, -0.25) is 0 Å². The zero-order valence-electron chi connectivity index (χ0n) is 10.8. The molecule has 106 valence electrons. The maximum atomic E-state index is 13.6. The number of hydrogen-bond acceptors (Lipinski definition) is 1. The van der Waals surface area contributed by atoms with E-state index in [-0.39, 0.29) is 5.02 Å². The highest BCUT2D eigenvalue weighted by molar-refractivity contribution is 6.32. The molecule has 0 aliphatic carbocycles. The van der Waals surface area contributed by atoms with Crippen LogP contribution in [0.25, 0.3) is 0 Å². The van der Waals surface area contributed by atoms with Crippen LogP contribution in [0.5, 0.6) is 0 Å². The van der Waals surface area contributed by atoms with E-state index >= 15 is 0 Å². The van der Waals surface area contributed by atoms with Crippen molar-refractivity contribution in [2.45, 2.75) is 13.0 Å². The van der Waals surface area contributed by atoms with Gasteiger partial charge < -0.3 is 5.32 Å². The van der Waals surface area contributed by atoms with Crippen molar-refractivity contribution in [1.29, 1.82) is 0 Å². The van der Waals surface area contributed by atoms with Crippen LogP contribution < -0.4 is 5.32 Å². The molecule has 1 nitrogen and oxygen atoms in total. The lowest BCUT2D eigenvalue weighted by Crippen LogP contribution is -2.23. The number of rotatable bonds is 4. The van der Waals surface area contributed by atoms with E-state index in [9.17, 15) is 8.78 Å². The second-order valence-corrected chi connectivity index (χ2v) is 5.08. The van der Waals surface area contributed by atoms with Crippen LogP contribution in [0, 0.1) is 11.6 Å². The molecule has 0 bridgehead atoms. The van der Waals surface area contributed by atoms with E-state index in [1.54, 1.807) is 12.1 Å². The Hall–Kier alpha value is -1.16. The highest BCUT2D eigenvalue weighted by atomic mass is 35.5.